The monoisotopic (exact) mass is 414 g/mol. The number of amides is 1. The van der Waals surface area contributed by atoms with Crippen molar-refractivity contribution in [2.75, 3.05) is 5.32 Å². The summed E-state index contributed by atoms with van der Waals surface area (Å²) in [6.45, 7) is 6.12. The Labute approximate surface area is 179 Å². The molecule has 9 heteroatoms. The van der Waals surface area contributed by atoms with Gasteiger partial charge in [-0.1, -0.05) is 6.07 Å². The van der Waals surface area contributed by atoms with E-state index in [0.717, 1.165) is 22.6 Å². The van der Waals surface area contributed by atoms with Gasteiger partial charge in [0.05, 0.1) is 12.2 Å². The highest BCUT2D eigenvalue weighted by molar-refractivity contribution is 5.92. The molecule has 4 aromatic heterocycles. The summed E-state index contributed by atoms with van der Waals surface area (Å²) in [6.07, 6.45) is 3.36. The highest BCUT2D eigenvalue weighted by Crippen LogP contribution is 2.20. The van der Waals surface area contributed by atoms with Crippen molar-refractivity contribution in [3.05, 3.63) is 77.1 Å². The number of rotatable bonds is 6. The fourth-order valence-corrected chi connectivity index (χ4v) is 2.90. The molecule has 0 aliphatic heterocycles. The van der Waals surface area contributed by atoms with Gasteiger partial charge in [-0.05, 0) is 44.5 Å². The maximum atomic E-state index is 12.4. The minimum atomic E-state index is -0.268. The Hall–Kier alpha value is -4.14. The third-order valence-electron chi connectivity index (χ3n) is 4.47. The normalized spacial score (nSPS) is 10.7. The fourth-order valence-electron chi connectivity index (χ4n) is 2.90. The van der Waals surface area contributed by atoms with Gasteiger partial charge < -0.3 is 10.6 Å². The lowest BCUT2D eigenvalue weighted by Crippen LogP contribution is -2.24. The zero-order valence-corrected chi connectivity index (χ0v) is 17.5. The fraction of sp³-hybridized carbons (Fsp3) is 0.182. The van der Waals surface area contributed by atoms with Crippen LogP contribution in [0.25, 0.3) is 11.4 Å². The molecule has 0 radical (unpaired) electrons. The molecular formula is C22H22N8O. The molecule has 0 aromatic carbocycles. The third kappa shape index (κ3) is 5.08. The Bertz CT molecular complexity index is 1200. The van der Waals surface area contributed by atoms with E-state index >= 15 is 0 Å². The highest BCUT2D eigenvalue weighted by atomic mass is 16.1. The van der Waals surface area contributed by atoms with Crippen molar-refractivity contribution in [2.45, 2.75) is 27.3 Å². The van der Waals surface area contributed by atoms with E-state index in [2.05, 4.69) is 40.8 Å². The van der Waals surface area contributed by atoms with Crippen LogP contribution in [-0.2, 0) is 6.54 Å². The molecule has 0 unspecified atom stereocenters. The minimum Gasteiger partial charge on any atom is -0.345 e. The average molecular weight is 414 g/mol. The molecule has 0 saturated heterocycles. The molecule has 0 atom stereocenters. The van der Waals surface area contributed by atoms with Gasteiger partial charge in [-0.2, -0.15) is 5.10 Å². The van der Waals surface area contributed by atoms with E-state index in [1.165, 1.54) is 0 Å². The number of nitrogens with one attached hydrogen (secondary N) is 3. The predicted molar refractivity (Wildman–Crippen MR) is 117 cm³/mol. The summed E-state index contributed by atoms with van der Waals surface area (Å²) in [6, 6.07) is 11.0. The van der Waals surface area contributed by atoms with E-state index in [0.29, 0.717) is 35.3 Å². The van der Waals surface area contributed by atoms with Crippen molar-refractivity contribution >= 4 is 17.5 Å². The molecule has 4 aromatic rings. The summed E-state index contributed by atoms with van der Waals surface area (Å²) in [4.78, 5) is 30.0. The Morgan fingerprint density at radius 2 is 1.84 bits per heavy atom. The molecule has 4 rings (SSSR count). The quantitative estimate of drug-likeness (QED) is 0.443. The molecule has 0 bridgehead atoms. The van der Waals surface area contributed by atoms with Crippen LogP contribution in [0, 0.1) is 20.8 Å². The molecule has 0 aliphatic carbocycles. The average Bonchev–Trinajstić information content (AvgIpc) is 3.17. The summed E-state index contributed by atoms with van der Waals surface area (Å²) >= 11 is 0. The number of aromatic nitrogens is 6. The predicted octanol–water partition coefficient (Wildman–Crippen LogP) is 3.26. The number of pyridine rings is 2. The van der Waals surface area contributed by atoms with Crippen molar-refractivity contribution < 1.29 is 4.79 Å². The Morgan fingerprint density at radius 1 is 0.968 bits per heavy atom. The first kappa shape index (κ1) is 20.1. The second kappa shape index (κ2) is 8.70. The standard InChI is InChI=1S/C22H22N8O/c1-13-4-6-17(23-10-13)12-25-22(31)18-7-5-16(11-24-18)21-26-14(2)8-19(28-21)27-20-9-15(3)29-30-20/h4-11H,12H2,1-3H3,(H,25,31)(H2,26,27,28,29,30). The van der Waals surface area contributed by atoms with Crippen LogP contribution < -0.4 is 10.6 Å². The van der Waals surface area contributed by atoms with Crippen molar-refractivity contribution in [2.24, 2.45) is 0 Å². The van der Waals surface area contributed by atoms with Gasteiger partial charge in [0.1, 0.15) is 11.5 Å². The summed E-state index contributed by atoms with van der Waals surface area (Å²) in [5, 5.41) is 13.0. The molecule has 31 heavy (non-hydrogen) atoms. The van der Waals surface area contributed by atoms with Crippen molar-refractivity contribution in [3.8, 4) is 11.4 Å². The SMILES string of the molecule is Cc1ccc(CNC(=O)c2ccc(-c3nc(C)cc(Nc4cc(C)[nH]n4)n3)cn2)nc1. The van der Waals surface area contributed by atoms with Crippen LogP contribution in [-0.4, -0.2) is 36.0 Å². The number of aryl methyl sites for hydroxylation is 3. The van der Waals surface area contributed by atoms with E-state index in [4.69, 9.17) is 0 Å². The summed E-state index contributed by atoms with van der Waals surface area (Å²) < 4.78 is 0. The maximum absolute atomic E-state index is 12.4. The molecule has 0 spiro atoms. The number of hydrogen-bond donors (Lipinski definition) is 3. The van der Waals surface area contributed by atoms with E-state index in [1.54, 1.807) is 24.5 Å². The van der Waals surface area contributed by atoms with Crippen LogP contribution in [0.1, 0.15) is 33.1 Å². The highest BCUT2D eigenvalue weighted by Gasteiger charge is 2.11. The topological polar surface area (TPSA) is 121 Å². The summed E-state index contributed by atoms with van der Waals surface area (Å²) in [7, 11) is 0. The summed E-state index contributed by atoms with van der Waals surface area (Å²) in [5.74, 6) is 1.55. The van der Waals surface area contributed by atoms with Crippen molar-refractivity contribution in [1.82, 2.24) is 35.5 Å². The molecule has 9 nitrogen and oxygen atoms in total. The first-order valence-corrected chi connectivity index (χ1v) is 9.77. The summed E-state index contributed by atoms with van der Waals surface area (Å²) in [5.41, 5.74) is 4.63. The van der Waals surface area contributed by atoms with Crippen molar-refractivity contribution in [3.63, 3.8) is 0 Å². The molecule has 3 N–H and O–H groups in total. The van der Waals surface area contributed by atoms with Crippen LogP contribution >= 0.6 is 0 Å². The van der Waals surface area contributed by atoms with Gasteiger partial charge >= 0.3 is 0 Å². The molecule has 0 saturated carbocycles. The van der Waals surface area contributed by atoms with Gasteiger partial charge in [0.15, 0.2) is 11.6 Å². The number of anilines is 2. The van der Waals surface area contributed by atoms with E-state index in [-0.39, 0.29) is 5.91 Å². The van der Waals surface area contributed by atoms with Crippen LogP contribution in [0.4, 0.5) is 11.6 Å². The van der Waals surface area contributed by atoms with E-state index in [1.807, 2.05) is 45.0 Å². The van der Waals surface area contributed by atoms with Gasteiger partial charge in [-0.25, -0.2) is 9.97 Å². The lowest BCUT2D eigenvalue weighted by molar-refractivity contribution is 0.0945. The van der Waals surface area contributed by atoms with Gasteiger partial charge in [-0.3, -0.25) is 19.9 Å². The lowest BCUT2D eigenvalue weighted by atomic mass is 10.2. The molecule has 1 amide bonds. The van der Waals surface area contributed by atoms with Crippen LogP contribution in [0.15, 0.2) is 48.8 Å². The van der Waals surface area contributed by atoms with Crippen molar-refractivity contribution in [1.29, 1.82) is 0 Å². The zero-order chi connectivity index (χ0) is 21.8. The maximum Gasteiger partial charge on any atom is 0.270 e. The van der Waals surface area contributed by atoms with Gasteiger partial charge in [-0.15, -0.1) is 0 Å². The Kier molecular flexibility index (Phi) is 5.65. The first-order chi connectivity index (χ1) is 15.0. The Balaban J connectivity index is 1.45. The third-order valence-corrected chi connectivity index (χ3v) is 4.47. The number of hydrogen-bond acceptors (Lipinski definition) is 7. The van der Waals surface area contributed by atoms with Crippen LogP contribution in [0.3, 0.4) is 0 Å². The van der Waals surface area contributed by atoms with Crippen LogP contribution in [0.5, 0.6) is 0 Å². The molecule has 0 fully saturated rings. The number of carbonyl (C=O) groups excluding carboxylic acids is 1. The number of aromatic amines is 1. The number of H-pyrrole nitrogens is 1. The Morgan fingerprint density at radius 3 is 2.52 bits per heavy atom. The van der Waals surface area contributed by atoms with Gasteiger partial charge in [0.2, 0.25) is 0 Å². The molecular weight excluding hydrogens is 392 g/mol. The number of nitrogens with zero attached hydrogens (tertiary/aromatic N) is 5. The smallest absolute Gasteiger partial charge is 0.270 e. The molecule has 156 valence electrons. The zero-order valence-electron chi connectivity index (χ0n) is 17.5. The molecule has 0 aliphatic rings. The molecule has 4 heterocycles. The largest absolute Gasteiger partial charge is 0.345 e. The second-order valence-corrected chi connectivity index (χ2v) is 7.22. The number of carbonyl (C=O) groups is 1. The van der Waals surface area contributed by atoms with E-state index < -0.39 is 0 Å². The lowest BCUT2D eigenvalue weighted by Gasteiger charge is -2.08. The van der Waals surface area contributed by atoms with E-state index in [9.17, 15) is 4.79 Å². The van der Waals surface area contributed by atoms with Gasteiger partial charge in [0.25, 0.3) is 5.91 Å². The van der Waals surface area contributed by atoms with Gasteiger partial charge in [0, 0.05) is 41.5 Å². The van der Waals surface area contributed by atoms with Crippen LogP contribution in [0.2, 0.25) is 0 Å². The first-order valence-electron chi connectivity index (χ1n) is 9.77. The second-order valence-electron chi connectivity index (χ2n) is 7.22. The minimum absolute atomic E-state index is 0.268.